The minimum Gasteiger partial charge on any atom is -0.469 e. The summed E-state index contributed by atoms with van der Waals surface area (Å²) in [6.07, 6.45) is 7.90. The molecule has 0 aromatic rings. The highest BCUT2D eigenvalue weighted by Crippen LogP contribution is 2.34. The number of carbonyl (C=O) groups is 2. The summed E-state index contributed by atoms with van der Waals surface area (Å²) in [4.78, 5) is 26.0. The minimum atomic E-state index is -0.227. The molecule has 0 aliphatic heterocycles. The summed E-state index contributed by atoms with van der Waals surface area (Å²) in [6, 6.07) is 0.342. The molecule has 2 rings (SSSR count). The van der Waals surface area contributed by atoms with Crippen LogP contribution in [-0.4, -0.2) is 36.5 Å². The van der Waals surface area contributed by atoms with Gasteiger partial charge in [-0.05, 0) is 25.7 Å². The van der Waals surface area contributed by atoms with Crippen molar-refractivity contribution in [2.75, 3.05) is 13.7 Å². The Labute approximate surface area is 115 Å². The van der Waals surface area contributed by atoms with Gasteiger partial charge in [0, 0.05) is 18.5 Å². The van der Waals surface area contributed by atoms with E-state index in [0.29, 0.717) is 12.6 Å². The van der Waals surface area contributed by atoms with Gasteiger partial charge in [0.25, 0.3) is 0 Å². The molecule has 0 heterocycles. The Morgan fingerprint density at radius 1 is 1.16 bits per heavy atom. The highest BCUT2D eigenvalue weighted by molar-refractivity contribution is 5.82. The molecule has 2 aliphatic rings. The van der Waals surface area contributed by atoms with Crippen LogP contribution in [0.2, 0.25) is 0 Å². The standard InChI is InChI=1S/C15H25NO3/c1-11(15(18)19-2)10-16(14(17)12-8-9-12)13-6-4-3-5-7-13/h11-13H,3-10H2,1-2H3. The van der Waals surface area contributed by atoms with Gasteiger partial charge in [-0.25, -0.2) is 0 Å². The number of methoxy groups -OCH3 is 1. The van der Waals surface area contributed by atoms with E-state index in [-0.39, 0.29) is 23.7 Å². The first kappa shape index (κ1) is 14.4. The van der Waals surface area contributed by atoms with Crippen LogP contribution in [0, 0.1) is 11.8 Å². The topological polar surface area (TPSA) is 46.6 Å². The molecule has 1 amide bonds. The Morgan fingerprint density at radius 3 is 2.32 bits per heavy atom. The molecular weight excluding hydrogens is 242 g/mol. The third kappa shape index (κ3) is 3.71. The van der Waals surface area contributed by atoms with Crippen molar-refractivity contribution < 1.29 is 14.3 Å². The second-order valence-electron chi connectivity index (χ2n) is 5.98. The predicted molar refractivity (Wildman–Crippen MR) is 72.5 cm³/mol. The van der Waals surface area contributed by atoms with E-state index in [1.54, 1.807) is 0 Å². The number of esters is 1. The van der Waals surface area contributed by atoms with Crippen molar-refractivity contribution in [3.05, 3.63) is 0 Å². The van der Waals surface area contributed by atoms with Crippen LogP contribution in [0.25, 0.3) is 0 Å². The van der Waals surface area contributed by atoms with Gasteiger partial charge in [0.15, 0.2) is 0 Å². The lowest BCUT2D eigenvalue weighted by atomic mass is 9.93. The molecular formula is C15H25NO3. The van der Waals surface area contributed by atoms with E-state index in [2.05, 4.69) is 0 Å². The smallest absolute Gasteiger partial charge is 0.310 e. The quantitative estimate of drug-likeness (QED) is 0.718. The number of hydrogen-bond donors (Lipinski definition) is 0. The summed E-state index contributed by atoms with van der Waals surface area (Å²) >= 11 is 0. The van der Waals surface area contributed by atoms with Crippen molar-refractivity contribution in [2.45, 2.75) is 57.9 Å². The zero-order valence-electron chi connectivity index (χ0n) is 12.1. The molecule has 108 valence electrons. The third-order valence-corrected chi connectivity index (χ3v) is 4.30. The zero-order chi connectivity index (χ0) is 13.8. The third-order valence-electron chi connectivity index (χ3n) is 4.30. The van der Waals surface area contributed by atoms with Gasteiger partial charge in [-0.15, -0.1) is 0 Å². The maximum atomic E-state index is 12.4. The number of amides is 1. The SMILES string of the molecule is COC(=O)C(C)CN(C(=O)C1CC1)C1CCCCC1. The molecule has 4 nitrogen and oxygen atoms in total. The fourth-order valence-electron chi connectivity index (χ4n) is 2.95. The molecule has 2 fully saturated rings. The maximum Gasteiger partial charge on any atom is 0.310 e. The fourth-order valence-corrected chi connectivity index (χ4v) is 2.95. The van der Waals surface area contributed by atoms with Crippen molar-refractivity contribution in [3.8, 4) is 0 Å². The molecule has 1 unspecified atom stereocenters. The van der Waals surface area contributed by atoms with E-state index in [0.717, 1.165) is 25.7 Å². The Bertz CT molecular complexity index is 332. The lowest BCUT2D eigenvalue weighted by Crippen LogP contribution is -2.45. The maximum absolute atomic E-state index is 12.4. The first-order valence-electron chi connectivity index (χ1n) is 7.51. The Morgan fingerprint density at radius 2 is 1.79 bits per heavy atom. The molecule has 0 radical (unpaired) electrons. The normalized spacial score (nSPS) is 21.8. The van der Waals surface area contributed by atoms with Crippen molar-refractivity contribution in [1.29, 1.82) is 0 Å². The van der Waals surface area contributed by atoms with E-state index in [1.165, 1.54) is 26.4 Å². The Balaban J connectivity index is 2.00. The predicted octanol–water partition coefficient (Wildman–Crippen LogP) is 2.37. The first-order valence-corrected chi connectivity index (χ1v) is 7.51. The van der Waals surface area contributed by atoms with Crippen LogP contribution < -0.4 is 0 Å². The summed E-state index contributed by atoms with van der Waals surface area (Å²) in [5.41, 5.74) is 0. The number of ether oxygens (including phenoxy) is 1. The number of carbonyl (C=O) groups excluding carboxylic acids is 2. The lowest BCUT2D eigenvalue weighted by molar-refractivity contribution is -0.147. The Kier molecular flexibility index (Phi) is 4.83. The summed E-state index contributed by atoms with van der Waals surface area (Å²) in [5.74, 6) is 0.0495. The van der Waals surface area contributed by atoms with Gasteiger partial charge in [0.2, 0.25) is 5.91 Å². The van der Waals surface area contributed by atoms with Crippen LogP contribution in [0.5, 0.6) is 0 Å². The highest BCUT2D eigenvalue weighted by Gasteiger charge is 2.37. The first-order chi connectivity index (χ1) is 9.13. The van der Waals surface area contributed by atoms with Gasteiger partial charge in [-0.3, -0.25) is 9.59 Å². The van der Waals surface area contributed by atoms with Gasteiger partial charge in [0.05, 0.1) is 13.0 Å². The molecule has 2 saturated carbocycles. The molecule has 4 heteroatoms. The number of rotatable bonds is 5. The van der Waals surface area contributed by atoms with Gasteiger partial charge < -0.3 is 9.64 Å². The highest BCUT2D eigenvalue weighted by atomic mass is 16.5. The lowest BCUT2D eigenvalue weighted by Gasteiger charge is -2.35. The van der Waals surface area contributed by atoms with Crippen LogP contribution in [0.4, 0.5) is 0 Å². The second-order valence-corrected chi connectivity index (χ2v) is 5.98. The van der Waals surface area contributed by atoms with Gasteiger partial charge in [-0.1, -0.05) is 26.2 Å². The van der Waals surface area contributed by atoms with Crippen molar-refractivity contribution >= 4 is 11.9 Å². The summed E-state index contributed by atoms with van der Waals surface area (Å²) in [5, 5.41) is 0. The molecule has 0 N–H and O–H groups in total. The molecule has 0 spiro atoms. The van der Waals surface area contributed by atoms with Crippen LogP contribution in [0.3, 0.4) is 0 Å². The van der Waals surface area contributed by atoms with Crippen molar-refractivity contribution in [2.24, 2.45) is 11.8 Å². The van der Waals surface area contributed by atoms with E-state index in [9.17, 15) is 9.59 Å². The molecule has 1 atom stereocenters. The molecule has 19 heavy (non-hydrogen) atoms. The van der Waals surface area contributed by atoms with Crippen LogP contribution in [-0.2, 0) is 14.3 Å². The van der Waals surface area contributed by atoms with Gasteiger partial charge in [0.1, 0.15) is 0 Å². The van der Waals surface area contributed by atoms with Gasteiger partial charge in [-0.2, -0.15) is 0 Å². The fraction of sp³-hybridized carbons (Fsp3) is 0.867. The second kappa shape index (κ2) is 6.40. The average Bonchev–Trinajstić information content (AvgIpc) is 3.28. The van der Waals surface area contributed by atoms with Crippen LogP contribution in [0.15, 0.2) is 0 Å². The van der Waals surface area contributed by atoms with Crippen LogP contribution in [0.1, 0.15) is 51.9 Å². The largest absolute Gasteiger partial charge is 0.469 e. The number of nitrogens with zero attached hydrogens (tertiary/aromatic N) is 1. The van der Waals surface area contributed by atoms with E-state index in [1.807, 2.05) is 11.8 Å². The van der Waals surface area contributed by atoms with Gasteiger partial charge >= 0.3 is 5.97 Å². The molecule has 0 bridgehead atoms. The van der Waals surface area contributed by atoms with E-state index < -0.39 is 0 Å². The zero-order valence-corrected chi connectivity index (χ0v) is 12.1. The summed E-state index contributed by atoms with van der Waals surface area (Å²) < 4.78 is 4.78. The Hall–Kier alpha value is -1.06. The number of hydrogen-bond acceptors (Lipinski definition) is 3. The summed E-state index contributed by atoms with van der Waals surface area (Å²) in [6.45, 7) is 2.37. The van der Waals surface area contributed by atoms with Crippen molar-refractivity contribution in [3.63, 3.8) is 0 Å². The summed E-state index contributed by atoms with van der Waals surface area (Å²) in [7, 11) is 1.41. The monoisotopic (exact) mass is 267 g/mol. The minimum absolute atomic E-state index is 0.218. The van der Waals surface area contributed by atoms with E-state index in [4.69, 9.17) is 4.74 Å². The average molecular weight is 267 g/mol. The van der Waals surface area contributed by atoms with Crippen LogP contribution >= 0.6 is 0 Å². The molecule has 0 aromatic heterocycles. The molecule has 2 aliphatic carbocycles. The van der Waals surface area contributed by atoms with Crippen molar-refractivity contribution in [1.82, 2.24) is 4.90 Å². The molecule has 0 saturated heterocycles. The van der Waals surface area contributed by atoms with E-state index >= 15 is 0 Å². The molecule has 0 aromatic carbocycles.